The Morgan fingerprint density at radius 3 is 1.24 bits per heavy atom. The first kappa shape index (κ1) is 54.4. The van der Waals surface area contributed by atoms with Crippen LogP contribution < -0.4 is 0 Å². The third kappa shape index (κ3) is 12.2. The molecular weight excluding hydrogens is 949 g/mol. The van der Waals surface area contributed by atoms with E-state index in [1.165, 1.54) is 12.1 Å². The zero-order chi connectivity index (χ0) is 50.5. The summed E-state index contributed by atoms with van der Waals surface area (Å²) in [5.41, 5.74) is 1.37. The molecule has 3 fully saturated rings. The van der Waals surface area contributed by atoms with Crippen LogP contribution in [-0.2, 0) is 54.0 Å². The minimum absolute atomic E-state index is 0.0288. The van der Waals surface area contributed by atoms with Crippen LogP contribution >= 0.6 is 0 Å². The second-order valence-electron chi connectivity index (χ2n) is 19.4. The van der Waals surface area contributed by atoms with Crippen LogP contribution in [0.5, 0.6) is 23.5 Å². The summed E-state index contributed by atoms with van der Waals surface area (Å²) in [6.07, 6.45) is 3.33. The molecule has 376 valence electrons. The van der Waals surface area contributed by atoms with Gasteiger partial charge in [0.1, 0.15) is 0 Å². The summed E-state index contributed by atoms with van der Waals surface area (Å²) in [5.74, 6) is -6.62. The van der Waals surface area contributed by atoms with Crippen molar-refractivity contribution in [2.45, 2.75) is 174 Å². The number of aromatic hydroxyl groups is 4. The van der Waals surface area contributed by atoms with Gasteiger partial charge in [-0.15, -0.1) is 0 Å². The molecule has 2 aromatic heterocycles. The van der Waals surface area contributed by atoms with Gasteiger partial charge in [-0.2, -0.15) is 0 Å². The zero-order valence-electron chi connectivity index (χ0n) is 40.8. The predicted octanol–water partition coefficient (Wildman–Crippen LogP) is 6.86. The molecule has 0 spiro atoms. The van der Waals surface area contributed by atoms with Crippen molar-refractivity contribution in [3.63, 3.8) is 0 Å². The number of aromatic nitrogens is 2. The summed E-state index contributed by atoms with van der Waals surface area (Å²) < 4.78 is 24.1. The minimum Gasteiger partial charge on any atom is -0.494 e. The molecule has 6 unspecified atom stereocenters. The molecule has 5 heterocycles. The Morgan fingerprint density at radius 1 is 0.544 bits per heavy atom. The zero-order valence-corrected chi connectivity index (χ0v) is 44.8. The average molecular weight is 1020 g/mol. The molecule has 0 aromatic carbocycles. The van der Waals surface area contributed by atoms with Crippen molar-refractivity contribution < 1.29 is 71.1 Å². The quantitative estimate of drug-likeness (QED) is 0.0780. The van der Waals surface area contributed by atoms with Gasteiger partial charge in [-0.05, 0) is 94.6 Å². The van der Waals surface area contributed by atoms with Crippen molar-refractivity contribution in [3.8, 4) is 23.5 Å². The molecule has 4 N–H and O–H groups in total. The van der Waals surface area contributed by atoms with Gasteiger partial charge in [-0.25, -0.2) is 18.9 Å². The Hall–Kier alpha value is -4.53. The predicted molar refractivity (Wildman–Crippen MR) is 257 cm³/mol. The van der Waals surface area contributed by atoms with Crippen LogP contribution in [0.25, 0.3) is 0 Å². The third-order valence-corrected chi connectivity index (χ3v) is 35.7. The van der Waals surface area contributed by atoms with Crippen LogP contribution in [0, 0.1) is 11.8 Å². The van der Waals surface area contributed by atoms with E-state index < -0.39 is 92.8 Å². The van der Waals surface area contributed by atoms with Gasteiger partial charge in [-0.1, -0.05) is 40.5 Å². The van der Waals surface area contributed by atoms with E-state index in [1.807, 2.05) is 13.1 Å². The van der Waals surface area contributed by atoms with Crippen LogP contribution in [0.1, 0.15) is 125 Å². The lowest BCUT2D eigenvalue weighted by atomic mass is 10.0. The Bertz CT molecular complexity index is 2150. The smallest absolute Gasteiger partial charge is 0.315 e. The summed E-state index contributed by atoms with van der Waals surface area (Å²) in [5, 5.41) is 43.0. The molecule has 0 radical (unpaired) electrons. The Balaban J connectivity index is 1.45. The topological polar surface area (TPSA) is 262 Å². The van der Waals surface area contributed by atoms with E-state index in [-0.39, 0.29) is 74.9 Å². The molecule has 19 nitrogen and oxygen atoms in total. The standard InChI is InChI=1S/C45H70N4O15Si4/c1-9-34(50)46-38(54)25-30(42(46)58)17-13-21-65(5)29-66(6,22-14-18-31-26-39(55)47(43(31)59)35(51)10-2)63-68(8,24-16-20-33-28-41(57)49(45(33)61)37(53)12-4)64-67(7,62-65)23-15-19-32-27-40(56)48(44(32)60)36(52)11-3/h27-28,30-31,56-57,60-61H,9-26,29H2,1-8H3. The van der Waals surface area contributed by atoms with Gasteiger partial charge in [0.05, 0.1) is 0 Å². The van der Waals surface area contributed by atoms with Gasteiger partial charge in [0, 0.05) is 73.6 Å². The number of likely N-dealkylation sites (tertiary alicyclic amines) is 2. The molecule has 23 heteroatoms. The van der Waals surface area contributed by atoms with Gasteiger partial charge in [-0.3, -0.25) is 38.4 Å². The summed E-state index contributed by atoms with van der Waals surface area (Å²) in [4.78, 5) is 104. The van der Waals surface area contributed by atoms with E-state index in [2.05, 4.69) is 13.1 Å². The van der Waals surface area contributed by atoms with Crippen molar-refractivity contribution in [1.29, 1.82) is 0 Å². The monoisotopic (exact) mass is 1020 g/mol. The van der Waals surface area contributed by atoms with Gasteiger partial charge in [0.25, 0.3) is 0 Å². The maximum absolute atomic E-state index is 13.3. The summed E-state index contributed by atoms with van der Waals surface area (Å²) in [6, 6.07) is 4.74. The van der Waals surface area contributed by atoms with Gasteiger partial charge < -0.3 is 32.8 Å². The lowest BCUT2D eigenvalue weighted by molar-refractivity contribution is -0.152. The molecule has 3 aliphatic rings. The lowest BCUT2D eigenvalue weighted by Gasteiger charge is -2.51. The van der Waals surface area contributed by atoms with E-state index in [1.54, 1.807) is 27.7 Å². The largest absolute Gasteiger partial charge is 0.494 e. The number of nitrogens with zero attached hydrogens (tertiary/aromatic N) is 4. The highest BCUT2D eigenvalue weighted by Crippen LogP contribution is 2.43. The maximum atomic E-state index is 13.3. The van der Waals surface area contributed by atoms with Crippen molar-refractivity contribution >= 4 is 81.0 Å². The first-order chi connectivity index (χ1) is 31.9. The SMILES string of the molecule is CCC(=O)N1C(=O)CC(CCC[Si]2(C)C[Si](C)(CCCC3CC(=O)N(C(=O)CC)C3=O)O[Si](C)(CCCc3cc(O)n(C(=O)CC)c3O)O[Si](C)(CCCc3cc(O)n(C(=O)CC)c3O)O2)C1=O. The van der Waals surface area contributed by atoms with Gasteiger partial charge >= 0.3 is 17.1 Å². The van der Waals surface area contributed by atoms with E-state index in [9.17, 15) is 58.8 Å². The number of hydrogen-bond acceptors (Lipinski definition) is 15. The fraction of sp³-hybridized carbons (Fsp3) is 0.644. The molecule has 3 aliphatic heterocycles. The first-order valence-electron chi connectivity index (χ1n) is 24.1. The van der Waals surface area contributed by atoms with Crippen molar-refractivity contribution in [2.75, 3.05) is 0 Å². The molecule has 68 heavy (non-hydrogen) atoms. The molecule has 6 atom stereocenters. The van der Waals surface area contributed by atoms with E-state index in [4.69, 9.17) is 12.3 Å². The molecule has 0 aliphatic carbocycles. The van der Waals surface area contributed by atoms with E-state index >= 15 is 0 Å². The fourth-order valence-corrected chi connectivity index (χ4v) is 39.1. The highest BCUT2D eigenvalue weighted by Gasteiger charge is 2.55. The number of aryl methyl sites for hydroxylation is 2. The number of rotatable bonds is 20. The summed E-state index contributed by atoms with van der Waals surface area (Å²) in [7, 11) is -12.4. The summed E-state index contributed by atoms with van der Waals surface area (Å²) in [6.45, 7) is 14.7. The van der Waals surface area contributed by atoms with E-state index in [0.717, 1.165) is 18.9 Å². The highest BCUT2D eigenvalue weighted by atomic mass is 28.5. The second kappa shape index (κ2) is 22.0. The van der Waals surface area contributed by atoms with Gasteiger partial charge in [0.15, 0.2) is 16.6 Å². The minimum atomic E-state index is -3.28. The molecular formula is C45H70N4O15Si4. The molecule has 6 amide bonds. The maximum Gasteiger partial charge on any atom is 0.315 e. The number of carbonyl (C=O) groups excluding carboxylic acids is 8. The lowest BCUT2D eigenvalue weighted by Crippen LogP contribution is -2.65. The van der Waals surface area contributed by atoms with E-state index in [0.29, 0.717) is 79.5 Å². The van der Waals surface area contributed by atoms with Crippen molar-refractivity contribution in [3.05, 3.63) is 23.3 Å². The molecule has 3 saturated heterocycles. The Labute approximate surface area is 401 Å². The fourth-order valence-electron chi connectivity index (χ4n) is 10.5. The number of carbonyl (C=O) groups is 8. The third-order valence-electron chi connectivity index (χ3n) is 13.5. The van der Waals surface area contributed by atoms with Crippen LogP contribution in [0.3, 0.4) is 0 Å². The molecule has 2 aromatic rings. The van der Waals surface area contributed by atoms with Crippen LogP contribution in [0.15, 0.2) is 12.1 Å². The van der Waals surface area contributed by atoms with Gasteiger partial charge in [0.2, 0.25) is 70.8 Å². The van der Waals surface area contributed by atoms with Crippen molar-refractivity contribution in [1.82, 2.24) is 18.9 Å². The highest BCUT2D eigenvalue weighted by molar-refractivity contribution is 7.00. The molecule has 0 saturated carbocycles. The molecule has 5 rings (SSSR count). The van der Waals surface area contributed by atoms with Crippen LogP contribution in [-0.4, -0.2) is 120 Å². The van der Waals surface area contributed by atoms with Crippen LogP contribution in [0.4, 0.5) is 0 Å². The normalized spacial score (nSPS) is 26.7. The summed E-state index contributed by atoms with van der Waals surface area (Å²) >= 11 is 0. The second-order valence-corrected chi connectivity index (χ2v) is 35.6. The first-order valence-corrected chi connectivity index (χ1v) is 34.8. The Kier molecular flexibility index (Phi) is 17.6. The Morgan fingerprint density at radius 2 is 0.897 bits per heavy atom. The molecule has 0 bridgehead atoms. The average Bonchev–Trinajstić information content (AvgIpc) is 3.91. The number of imide groups is 6. The van der Waals surface area contributed by atoms with Crippen molar-refractivity contribution in [2.24, 2.45) is 11.8 Å². The number of amides is 6. The number of hydrogen-bond donors (Lipinski definition) is 4. The van der Waals surface area contributed by atoms with Crippen LogP contribution in [0.2, 0.25) is 56.0 Å².